The summed E-state index contributed by atoms with van der Waals surface area (Å²) < 4.78 is 2.30. The molecule has 0 saturated heterocycles. The Bertz CT molecular complexity index is 754. The largest absolute Gasteiger partial charge is 0.314 e. The minimum Gasteiger partial charge on any atom is -0.314 e. The molecule has 0 aliphatic heterocycles. The maximum atomic E-state index is 4.43. The van der Waals surface area contributed by atoms with Crippen molar-refractivity contribution in [3.05, 3.63) is 72.4 Å². The molecule has 0 aliphatic carbocycles. The molecule has 0 radical (unpaired) electrons. The summed E-state index contributed by atoms with van der Waals surface area (Å²) in [6.45, 7) is 9.59. The Morgan fingerprint density at radius 2 is 1.67 bits per heavy atom. The highest BCUT2D eigenvalue weighted by Crippen LogP contribution is 2.29. The molecule has 108 valence electrons. The molecule has 3 aromatic rings. The number of rotatable bonds is 1. The summed E-state index contributed by atoms with van der Waals surface area (Å²) in [4.78, 5) is 1.01. The Morgan fingerprint density at radius 1 is 1.05 bits per heavy atom. The predicted octanol–water partition coefficient (Wildman–Crippen LogP) is 5.73. The summed E-state index contributed by atoms with van der Waals surface area (Å²) in [7, 11) is 0. The van der Waals surface area contributed by atoms with Crippen molar-refractivity contribution in [2.24, 2.45) is 0 Å². The second kappa shape index (κ2) is 6.68. The van der Waals surface area contributed by atoms with E-state index in [-0.39, 0.29) is 0 Å². The van der Waals surface area contributed by atoms with Crippen LogP contribution in [0.5, 0.6) is 0 Å². The van der Waals surface area contributed by atoms with Gasteiger partial charge in [0.15, 0.2) is 0 Å². The number of aryl methyl sites for hydroxylation is 1. The summed E-state index contributed by atoms with van der Waals surface area (Å²) >= 11 is 4.43. The molecule has 1 heterocycles. The van der Waals surface area contributed by atoms with Crippen LogP contribution in [0.1, 0.15) is 18.2 Å². The van der Waals surface area contributed by atoms with Crippen LogP contribution < -0.4 is 0 Å². The summed E-state index contributed by atoms with van der Waals surface area (Å²) in [6.07, 6.45) is 1.75. The number of fused-ring (bicyclic) bond motifs is 1. The molecule has 1 aromatic heterocycles. The first kappa shape index (κ1) is 15.5. The minimum absolute atomic E-state index is 1.01. The van der Waals surface area contributed by atoms with Crippen LogP contribution >= 0.6 is 12.6 Å². The lowest BCUT2D eigenvalue weighted by Gasteiger charge is -2.08. The van der Waals surface area contributed by atoms with Gasteiger partial charge in [-0.05, 0) is 56.7 Å². The monoisotopic (exact) mass is 295 g/mol. The predicted molar refractivity (Wildman–Crippen MR) is 95.9 cm³/mol. The number of aromatic nitrogens is 1. The zero-order valence-electron chi connectivity index (χ0n) is 12.8. The summed E-state index contributed by atoms with van der Waals surface area (Å²) in [5.41, 5.74) is 5.06. The fourth-order valence-corrected chi connectivity index (χ4v) is 2.68. The van der Waals surface area contributed by atoms with Gasteiger partial charge >= 0.3 is 0 Å². The standard InChI is InChI=1S/C16H15NS.C3H6/c1-11-12(2)17(13-6-4-3-5-7-13)16-9-8-14(18)10-15(11)16;1-3-2/h3-10,18H,1-2H3;3H,1H2,2H3. The van der Waals surface area contributed by atoms with Gasteiger partial charge in [-0.2, -0.15) is 0 Å². The van der Waals surface area contributed by atoms with Gasteiger partial charge in [-0.15, -0.1) is 19.2 Å². The molecule has 1 nitrogen and oxygen atoms in total. The maximum Gasteiger partial charge on any atom is 0.0534 e. The fourth-order valence-electron chi connectivity index (χ4n) is 2.47. The van der Waals surface area contributed by atoms with Crippen molar-refractivity contribution >= 4 is 23.5 Å². The highest BCUT2D eigenvalue weighted by Gasteiger charge is 2.11. The first-order chi connectivity index (χ1) is 10.1. The Kier molecular flexibility index (Phi) is 4.92. The van der Waals surface area contributed by atoms with Crippen molar-refractivity contribution in [2.75, 3.05) is 0 Å². The van der Waals surface area contributed by atoms with Crippen LogP contribution in [0.4, 0.5) is 0 Å². The fraction of sp³-hybridized carbons (Fsp3) is 0.158. The lowest BCUT2D eigenvalue weighted by molar-refractivity contribution is 1.04. The molecule has 2 aromatic carbocycles. The zero-order valence-corrected chi connectivity index (χ0v) is 13.7. The van der Waals surface area contributed by atoms with Gasteiger partial charge in [-0.3, -0.25) is 0 Å². The van der Waals surface area contributed by atoms with E-state index in [1.54, 1.807) is 6.08 Å². The molecule has 2 heteroatoms. The average Bonchev–Trinajstić information content (AvgIpc) is 2.73. The molecule has 21 heavy (non-hydrogen) atoms. The third kappa shape index (κ3) is 3.06. The lowest BCUT2D eigenvalue weighted by atomic mass is 10.1. The molecule has 0 atom stereocenters. The van der Waals surface area contributed by atoms with Crippen LogP contribution in [-0.2, 0) is 0 Å². The SMILES string of the molecule is C=CC.Cc1c(C)n(-c2ccccc2)c2ccc(S)cc12. The van der Waals surface area contributed by atoms with E-state index in [2.05, 4.69) is 74.0 Å². The van der Waals surface area contributed by atoms with Crippen molar-refractivity contribution in [3.63, 3.8) is 0 Å². The molecule has 0 amide bonds. The number of allylic oxidation sites excluding steroid dienone is 1. The number of hydrogen-bond donors (Lipinski definition) is 1. The van der Waals surface area contributed by atoms with E-state index in [1.165, 1.54) is 27.8 Å². The molecule has 0 fully saturated rings. The molecule has 0 N–H and O–H groups in total. The smallest absolute Gasteiger partial charge is 0.0534 e. The van der Waals surface area contributed by atoms with Crippen molar-refractivity contribution in [3.8, 4) is 5.69 Å². The molecule has 0 bridgehead atoms. The number of thiol groups is 1. The average molecular weight is 295 g/mol. The summed E-state index contributed by atoms with van der Waals surface area (Å²) in [5.74, 6) is 0. The first-order valence-corrected chi connectivity index (χ1v) is 7.48. The number of benzene rings is 2. The van der Waals surface area contributed by atoms with E-state index in [0.717, 1.165) is 4.90 Å². The van der Waals surface area contributed by atoms with Gasteiger partial charge in [0.05, 0.1) is 5.52 Å². The van der Waals surface area contributed by atoms with E-state index < -0.39 is 0 Å². The van der Waals surface area contributed by atoms with Crippen molar-refractivity contribution in [1.29, 1.82) is 0 Å². The van der Waals surface area contributed by atoms with E-state index in [1.807, 2.05) is 19.1 Å². The van der Waals surface area contributed by atoms with Gasteiger partial charge in [0.25, 0.3) is 0 Å². The Hall–Kier alpha value is -1.93. The molecule has 0 spiro atoms. The van der Waals surface area contributed by atoms with Crippen molar-refractivity contribution in [2.45, 2.75) is 25.7 Å². The Labute approximate surface area is 132 Å². The molecular formula is C19H21NS. The van der Waals surface area contributed by atoms with Crippen molar-refractivity contribution in [1.82, 2.24) is 4.57 Å². The summed E-state index contributed by atoms with van der Waals surface area (Å²) in [6, 6.07) is 16.8. The zero-order chi connectivity index (χ0) is 15.4. The third-order valence-corrected chi connectivity index (χ3v) is 3.80. The van der Waals surface area contributed by atoms with Crippen molar-refractivity contribution < 1.29 is 0 Å². The number of nitrogens with zero attached hydrogens (tertiary/aromatic N) is 1. The Morgan fingerprint density at radius 3 is 2.29 bits per heavy atom. The quantitative estimate of drug-likeness (QED) is 0.432. The van der Waals surface area contributed by atoms with Gasteiger partial charge in [-0.25, -0.2) is 0 Å². The molecule has 0 saturated carbocycles. The Balaban J connectivity index is 0.000000497. The van der Waals surface area contributed by atoms with E-state index in [9.17, 15) is 0 Å². The third-order valence-electron chi connectivity index (χ3n) is 3.52. The lowest BCUT2D eigenvalue weighted by Crippen LogP contribution is -1.95. The number of para-hydroxylation sites is 1. The highest BCUT2D eigenvalue weighted by atomic mass is 32.1. The normalized spacial score (nSPS) is 10.1. The highest BCUT2D eigenvalue weighted by molar-refractivity contribution is 7.80. The first-order valence-electron chi connectivity index (χ1n) is 7.03. The number of hydrogen-bond acceptors (Lipinski definition) is 1. The van der Waals surface area contributed by atoms with Crippen LogP contribution in [0.3, 0.4) is 0 Å². The van der Waals surface area contributed by atoms with E-state index in [0.29, 0.717) is 0 Å². The van der Waals surface area contributed by atoms with Crippen LogP contribution in [-0.4, -0.2) is 4.57 Å². The van der Waals surface area contributed by atoms with Gasteiger partial charge in [0.1, 0.15) is 0 Å². The van der Waals surface area contributed by atoms with Gasteiger partial charge in [0, 0.05) is 21.7 Å². The van der Waals surface area contributed by atoms with Gasteiger partial charge in [0.2, 0.25) is 0 Å². The summed E-state index contributed by atoms with van der Waals surface area (Å²) in [5, 5.41) is 1.28. The van der Waals surface area contributed by atoms with Gasteiger partial charge in [-0.1, -0.05) is 24.3 Å². The molecule has 3 rings (SSSR count). The van der Waals surface area contributed by atoms with Crippen LogP contribution in [0, 0.1) is 13.8 Å². The second-order valence-corrected chi connectivity index (χ2v) is 5.51. The molecule has 0 aliphatic rings. The van der Waals surface area contributed by atoms with Gasteiger partial charge < -0.3 is 4.57 Å². The molecular weight excluding hydrogens is 274 g/mol. The van der Waals surface area contributed by atoms with E-state index in [4.69, 9.17) is 0 Å². The van der Waals surface area contributed by atoms with Crippen LogP contribution in [0.2, 0.25) is 0 Å². The van der Waals surface area contributed by atoms with Crippen LogP contribution in [0.25, 0.3) is 16.6 Å². The topological polar surface area (TPSA) is 4.93 Å². The van der Waals surface area contributed by atoms with E-state index >= 15 is 0 Å². The molecule has 0 unspecified atom stereocenters. The minimum atomic E-state index is 1.01. The van der Waals surface area contributed by atoms with Crippen LogP contribution in [0.15, 0.2) is 66.1 Å². The second-order valence-electron chi connectivity index (χ2n) is 4.99. The maximum absolute atomic E-state index is 4.43.